The van der Waals surface area contributed by atoms with E-state index in [9.17, 15) is 4.79 Å². The topological polar surface area (TPSA) is 41.6 Å². The molecule has 2 atom stereocenters. The number of ether oxygens (including phenoxy) is 1. The summed E-state index contributed by atoms with van der Waals surface area (Å²) in [5, 5.41) is 3.40. The fourth-order valence-corrected chi connectivity index (χ4v) is 2.71. The van der Waals surface area contributed by atoms with Gasteiger partial charge in [-0.05, 0) is 44.7 Å². The smallest absolute Gasteiger partial charge is 0.222 e. The number of carbonyl (C=O) groups excluding carboxylic acids is 1. The Morgan fingerprint density at radius 3 is 3.00 bits per heavy atom. The number of nitrogens with zero attached hydrogens (tertiary/aromatic N) is 1. The van der Waals surface area contributed by atoms with E-state index in [4.69, 9.17) is 4.74 Å². The molecule has 2 rings (SSSR count). The van der Waals surface area contributed by atoms with E-state index in [2.05, 4.69) is 5.32 Å². The summed E-state index contributed by atoms with van der Waals surface area (Å²) in [5.74, 6) is 0.979. The minimum absolute atomic E-state index is 0.283. The number of hydrogen-bond acceptors (Lipinski definition) is 3. The van der Waals surface area contributed by atoms with Gasteiger partial charge in [-0.2, -0.15) is 0 Å². The minimum atomic E-state index is 0.283. The van der Waals surface area contributed by atoms with Crippen LogP contribution in [0.2, 0.25) is 0 Å². The van der Waals surface area contributed by atoms with Gasteiger partial charge in [0.05, 0.1) is 12.6 Å². The number of amides is 1. The average molecular weight is 240 g/mol. The van der Waals surface area contributed by atoms with Crippen LogP contribution in [0.5, 0.6) is 0 Å². The van der Waals surface area contributed by atoms with Crippen molar-refractivity contribution in [1.82, 2.24) is 10.2 Å². The quantitative estimate of drug-likeness (QED) is 0.797. The van der Waals surface area contributed by atoms with Crippen LogP contribution in [0.3, 0.4) is 0 Å². The van der Waals surface area contributed by atoms with Gasteiger partial charge < -0.3 is 15.0 Å². The van der Waals surface area contributed by atoms with Crippen molar-refractivity contribution in [2.45, 2.75) is 38.1 Å². The number of carbonyl (C=O) groups is 1. The van der Waals surface area contributed by atoms with Gasteiger partial charge in [0.15, 0.2) is 0 Å². The number of likely N-dealkylation sites (N-methyl/N-ethyl adjacent to an activating group) is 1. The first-order chi connectivity index (χ1) is 8.27. The van der Waals surface area contributed by atoms with Gasteiger partial charge in [-0.1, -0.05) is 0 Å². The molecular weight excluding hydrogens is 216 g/mol. The van der Waals surface area contributed by atoms with Gasteiger partial charge in [-0.25, -0.2) is 0 Å². The molecule has 0 aliphatic carbocycles. The van der Waals surface area contributed by atoms with E-state index in [1.807, 2.05) is 11.9 Å². The molecule has 4 nitrogen and oxygen atoms in total. The zero-order chi connectivity index (χ0) is 12.1. The molecule has 4 heteroatoms. The molecule has 2 heterocycles. The zero-order valence-electron chi connectivity index (χ0n) is 10.8. The van der Waals surface area contributed by atoms with Crippen molar-refractivity contribution in [3.63, 3.8) is 0 Å². The first-order valence-electron chi connectivity index (χ1n) is 6.81. The Kier molecular flexibility index (Phi) is 4.80. The van der Waals surface area contributed by atoms with Crippen LogP contribution in [0.25, 0.3) is 0 Å². The largest absolute Gasteiger partial charge is 0.379 e. The van der Waals surface area contributed by atoms with Gasteiger partial charge in [-0.15, -0.1) is 0 Å². The lowest BCUT2D eigenvalue weighted by Crippen LogP contribution is -2.38. The summed E-state index contributed by atoms with van der Waals surface area (Å²) >= 11 is 0. The van der Waals surface area contributed by atoms with Gasteiger partial charge in [0.1, 0.15) is 0 Å². The molecule has 1 amide bonds. The summed E-state index contributed by atoms with van der Waals surface area (Å²) in [5.41, 5.74) is 0. The number of piperidine rings is 1. The van der Waals surface area contributed by atoms with Crippen molar-refractivity contribution in [2.24, 2.45) is 5.92 Å². The van der Waals surface area contributed by atoms with Crippen molar-refractivity contribution >= 4 is 5.91 Å². The Morgan fingerprint density at radius 1 is 1.47 bits per heavy atom. The van der Waals surface area contributed by atoms with E-state index in [1.54, 1.807) is 0 Å². The monoisotopic (exact) mass is 240 g/mol. The molecule has 2 unspecified atom stereocenters. The van der Waals surface area contributed by atoms with Crippen molar-refractivity contribution in [3.8, 4) is 0 Å². The summed E-state index contributed by atoms with van der Waals surface area (Å²) in [7, 11) is 1.92. The highest BCUT2D eigenvalue weighted by Gasteiger charge is 2.24. The van der Waals surface area contributed by atoms with Crippen LogP contribution in [-0.2, 0) is 9.53 Å². The van der Waals surface area contributed by atoms with E-state index in [-0.39, 0.29) is 5.91 Å². The molecule has 0 aromatic heterocycles. The molecule has 2 saturated heterocycles. The molecule has 0 aromatic carbocycles. The first kappa shape index (κ1) is 12.8. The second-order valence-corrected chi connectivity index (χ2v) is 5.27. The van der Waals surface area contributed by atoms with Crippen LogP contribution >= 0.6 is 0 Å². The average Bonchev–Trinajstić information content (AvgIpc) is 2.90. The maximum Gasteiger partial charge on any atom is 0.222 e. The molecule has 98 valence electrons. The fraction of sp³-hybridized carbons (Fsp3) is 0.923. The van der Waals surface area contributed by atoms with Crippen LogP contribution in [0.1, 0.15) is 32.1 Å². The van der Waals surface area contributed by atoms with E-state index in [0.29, 0.717) is 25.0 Å². The molecule has 0 aromatic rings. The van der Waals surface area contributed by atoms with E-state index < -0.39 is 0 Å². The highest BCUT2D eigenvalue weighted by Crippen LogP contribution is 2.18. The summed E-state index contributed by atoms with van der Waals surface area (Å²) in [6.45, 7) is 3.75. The van der Waals surface area contributed by atoms with Gasteiger partial charge >= 0.3 is 0 Å². The fourth-order valence-electron chi connectivity index (χ4n) is 2.71. The van der Waals surface area contributed by atoms with Crippen LogP contribution in [0.4, 0.5) is 0 Å². The summed E-state index contributed by atoms with van der Waals surface area (Å²) in [4.78, 5) is 13.9. The SMILES string of the molecule is CN(C(=O)CCC1CCCNC1)C1CCOC1. The Morgan fingerprint density at radius 2 is 2.35 bits per heavy atom. The predicted molar refractivity (Wildman–Crippen MR) is 66.8 cm³/mol. The van der Waals surface area contributed by atoms with E-state index in [1.165, 1.54) is 12.8 Å². The molecule has 1 N–H and O–H groups in total. The third kappa shape index (κ3) is 3.68. The number of nitrogens with one attached hydrogen (secondary N) is 1. The maximum atomic E-state index is 12.0. The van der Waals surface area contributed by atoms with Crippen LogP contribution in [0.15, 0.2) is 0 Å². The van der Waals surface area contributed by atoms with Crippen molar-refractivity contribution in [3.05, 3.63) is 0 Å². The minimum Gasteiger partial charge on any atom is -0.379 e. The summed E-state index contributed by atoms with van der Waals surface area (Å²) in [6, 6.07) is 0.312. The highest BCUT2D eigenvalue weighted by molar-refractivity contribution is 5.76. The number of rotatable bonds is 4. The second kappa shape index (κ2) is 6.36. The molecule has 0 bridgehead atoms. The normalized spacial score (nSPS) is 29.2. The lowest BCUT2D eigenvalue weighted by atomic mass is 9.94. The van der Waals surface area contributed by atoms with Crippen LogP contribution in [0, 0.1) is 5.92 Å². The Hall–Kier alpha value is -0.610. The van der Waals surface area contributed by atoms with Crippen molar-refractivity contribution in [2.75, 3.05) is 33.4 Å². The summed E-state index contributed by atoms with van der Waals surface area (Å²) < 4.78 is 5.32. The Bertz CT molecular complexity index is 246. The molecule has 2 aliphatic rings. The van der Waals surface area contributed by atoms with Gasteiger partial charge in [0.2, 0.25) is 5.91 Å². The highest BCUT2D eigenvalue weighted by atomic mass is 16.5. The molecule has 0 saturated carbocycles. The molecule has 2 fully saturated rings. The third-order valence-corrected chi connectivity index (χ3v) is 4.01. The molecule has 17 heavy (non-hydrogen) atoms. The van der Waals surface area contributed by atoms with Gasteiger partial charge in [-0.3, -0.25) is 4.79 Å². The van der Waals surface area contributed by atoms with Gasteiger partial charge in [0.25, 0.3) is 0 Å². The predicted octanol–water partition coefficient (Wildman–Crippen LogP) is 1.01. The van der Waals surface area contributed by atoms with Crippen LogP contribution in [-0.4, -0.2) is 50.2 Å². The molecule has 0 spiro atoms. The van der Waals surface area contributed by atoms with Crippen molar-refractivity contribution in [1.29, 1.82) is 0 Å². The van der Waals surface area contributed by atoms with E-state index >= 15 is 0 Å². The Balaban J connectivity index is 1.68. The Labute approximate surface area is 104 Å². The lowest BCUT2D eigenvalue weighted by molar-refractivity contribution is -0.132. The second-order valence-electron chi connectivity index (χ2n) is 5.27. The standard InChI is InChI=1S/C13H24N2O2/c1-15(12-6-8-17-10-12)13(16)5-4-11-3-2-7-14-9-11/h11-12,14H,2-10H2,1H3. The third-order valence-electron chi connectivity index (χ3n) is 4.01. The number of hydrogen-bond donors (Lipinski definition) is 1. The van der Waals surface area contributed by atoms with Gasteiger partial charge in [0, 0.05) is 20.1 Å². The lowest BCUT2D eigenvalue weighted by Gasteiger charge is -2.26. The van der Waals surface area contributed by atoms with E-state index in [0.717, 1.165) is 32.5 Å². The summed E-state index contributed by atoms with van der Waals surface area (Å²) in [6.07, 6.45) is 5.25. The molecule has 2 aliphatic heterocycles. The maximum absolute atomic E-state index is 12.0. The molecule has 0 radical (unpaired) electrons. The zero-order valence-corrected chi connectivity index (χ0v) is 10.8. The van der Waals surface area contributed by atoms with Crippen LogP contribution < -0.4 is 5.32 Å². The first-order valence-corrected chi connectivity index (χ1v) is 6.81. The van der Waals surface area contributed by atoms with Crippen molar-refractivity contribution < 1.29 is 9.53 Å². The molecular formula is C13H24N2O2.